The lowest BCUT2D eigenvalue weighted by Crippen LogP contribution is -2.21. The summed E-state index contributed by atoms with van der Waals surface area (Å²) in [7, 11) is 0. The van der Waals surface area contributed by atoms with Crippen LogP contribution in [-0.2, 0) is 14.3 Å². The molecule has 0 unspecified atom stereocenters. The van der Waals surface area contributed by atoms with E-state index in [1.54, 1.807) is 24.3 Å². The van der Waals surface area contributed by atoms with Crippen LogP contribution in [0.1, 0.15) is 52.4 Å². The van der Waals surface area contributed by atoms with E-state index in [4.69, 9.17) is 4.74 Å². The molecular weight excluding hydrogens is 360 g/mol. The average Bonchev–Trinajstić information content (AvgIpc) is 2.67. The van der Waals surface area contributed by atoms with E-state index in [1.165, 1.54) is 30.5 Å². The molecule has 0 spiro atoms. The molecule has 0 saturated heterocycles. The fourth-order valence-electron chi connectivity index (χ4n) is 2.51. The normalized spacial score (nSPS) is 11.4. The molecule has 0 atom stereocenters. The number of nitro groups is 1. The fourth-order valence-corrected chi connectivity index (χ4v) is 2.51. The van der Waals surface area contributed by atoms with E-state index < -0.39 is 16.6 Å². The van der Waals surface area contributed by atoms with Crippen molar-refractivity contribution in [1.82, 2.24) is 0 Å². The third-order valence-corrected chi connectivity index (χ3v) is 4.00. The van der Waals surface area contributed by atoms with Crippen molar-refractivity contribution in [2.24, 2.45) is 0 Å². The minimum absolute atomic E-state index is 0.156. The Bertz CT molecular complexity index is 698. The number of esters is 1. The Morgan fingerprint density at radius 2 is 1.75 bits per heavy atom. The zero-order valence-corrected chi connectivity index (χ0v) is 16.5. The molecule has 0 radical (unpaired) electrons. The van der Waals surface area contributed by atoms with Crippen molar-refractivity contribution in [3.63, 3.8) is 0 Å². The lowest BCUT2D eigenvalue weighted by atomic mass is 10.1. The first-order valence-electron chi connectivity index (χ1n) is 9.52. The van der Waals surface area contributed by atoms with E-state index in [-0.39, 0.29) is 12.5 Å². The summed E-state index contributed by atoms with van der Waals surface area (Å²) in [4.78, 5) is 35.4. The van der Waals surface area contributed by atoms with Crippen LogP contribution < -0.4 is 4.90 Å². The number of benzene rings is 1. The maximum Gasteiger partial charge on any atom is 0.409 e. The number of hydrogen-bond donors (Lipinski definition) is 0. The van der Waals surface area contributed by atoms with E-state index >= 15 is 0 Å². The Balaban J connectivity index is 2.64. The van der Waals surface area contributed by atoms with Gasteiger partial charge in [-0.1, -0.05) is 57.2 Å². The van der Waals surface area contributed by atoms with Crippen LogP contribution in [0.25, 0.3) is 0 Å². The molecule has 1 aromatic carbocycles. The van der Waals surface area contributed by atoms with Gasteiger partial charge in [-0.3, -0.25) is 19.8 Å². The van der Waals surface area contributed by atoms with Crippen molar-refractivity contribution in [3.8, 4) is 0 Å². The van der Waals surface area contributed by atoms with Crippen LogP contribution in [0.4, 0.5) is 5.69 Å². The molecule has 0 saturated carbocycles. The van der Waals surface area contributed by atoms with Gasteiger partial charge in [0.1, 0.15) is 0 Å². The largest absolute Gasteiger partial charge is 0.458 e. The van der Waals surface area contributed by atoms with Gasteiger partial charge in [-0.05, 0) is 24.6 Å². The van der Waals surface area contributed by atoms with Crippen LogP contribution in [-0.4, -0.2) is 23.4 Å². The standard InChI is InChI=1S/C21H28N2O5/c1-3-4-5-6-7-11-17-28-21(25)20(23(26)27)15-12-16-22(18(2)24)19-13-9-8-10-14-19/h8-10,12-16H,3-7,11,17H2,1-2H3/b16-12+,20-15-. The molecule has 0 N–H and O–H groups in total. The highest BCUT2D eigenvalue weighted by Gasteiger charge is 2.22. The second kappa shape index (κ2) is 13.2. The summed E-state index contributed by atoms with van der Waals surface area (Å²) in [5.41, 5.74) is -0.0493. The maximum atomic E-state index is 12.0. The number of para-hydroxylation sites is 1. The number of rotatable bonds is 12. The highest BCUT2D eigenvalue weighted by molar-refractivity contribution is 5.93. The van der Waals surface area contributed by atoms with E-state index in [1.807, 2.05) is 6.07 Å². The van der Waals surface area contributed by atoms with Gasteiger partial charge < -0.3 is 4.74 Å². The monoisotopic (exact) mass is 388 g/mol. The maximum absolute atomic E-state index is 12.0. The molecule has 0 heterocycles. The van der Waals surface area contributed by atoms with Crippen LogP contribution in [0.3, 0.4) is 0 Å². The molecule has 0 aliphatic carbocycles. The third-order valence-electron chi connectivity index (χ3n) is 4.00. The first kappa shape index (κ1) is 23.1. The topological polar surface area (TPSA) is 89.8 Å². The minimum Gasteiger partial charge on any atom is -0.458 e. The smallest absolute Gasteiger partial charge is 0.409 e. The predicted molar refractivity (Wildman–Crippen MR) is 108 cm³/mol. The van der Waals surface area contributed by atoms with Crippen molar-refractivity contribution in [3.05, 3.63) is 64.5 Å². The molecule has 7 heteroatoms. The number of amides is 1. The van der Waals surface area contributed by atoms with E-state index in [0.29, 0.717) is 12.1 Å². The second-order valence-electron chi connectivity index (χ2n) is 6.28. The number of allylic oxidation sites excluding steroid dienone is 2. The Morgan fingerprint density at radius 3 is 2.36 bits per heavy atom. The summed E-state index contributed by atoms with van der Waals surface area (Å²) in [6, 6.07) is 8.83. The summed E-state index contributed by atoms with van der Waals surface area (Å²) in [5.74, 6) is -1.23. The molecule has 1 aromatic rings. The van der Waals surface area contributed by atoms with E-state index in [9.17, 15) is 19.7 Å². The van der Waals surface area contributed by atoms with E-state index in [2.05, 4.69) is 6.92 Å². The van der Waals surface area contributed by atoms with Gasteiger partial charge in [0.2, 0.25) is 5.91 Å². The zero-order chi connectivity index (χ0) is 20.8. The summed E-state index contributed by atoms with van der Waals surface area (Å²) < 4.78 is 5.00. The summed E-state index contributed by atoms with van der Waals surface area (Å²) in [6.07, 6.45) is 9.86. The van der Waals surface area contributed by atoms with Gasteiger partial charge in [-0.2, -0.15) is 0 Å². The first-order chi connectivity index (χ1) is 13.5. The predicted octanol–water partition coefficient (Wildman–Crippen LogP) is 4.62. The molecule has 0 aliphatic rings. The average molecular weight is 388 g/mol. The molecule has 7 nitrogen and oxygen atoms in total. The molecule has 28 heavy (non-hydrogen) atoms. The van der Waals surface area contributed by atoms with Crippen LogP contribution in [0, 0.1) is 10.1 Å². The number of unbranched alkanes of at least 4 members (excludes halogenated alkanes) is 5. The Hall–Kier alpha value is -2.96. The molecule has 0 aromatic heterocycles. The second-order valence-corrected chi connectivity index (χ2v) is 6.28. The van der Waals surface area contributed by atoms with Gasteiger partial charge in [0.05, 0.1) is 11.5 Å². The number of hydrogen-bond acceptors (Lipinski definition) is 5. The Labute approximate surface area is 165 Å². The van der Waals surface area contributed by atoms with Crippen molar-refractivity contribution in [1.29, 1.82) is 0 Å². The van der Waals surface area contributed by atoms with Crippen LogP contribution >= 0.6 is 0 Å². The first-order valence-corrected chi connectivity index (χ1v) is 9.52. The van der Waals surface area contributed by atoms with Crippen LogP contribution in [0.5, 0.6) is 0 Å². The number of nitrogens with zero attached hydrogens (tertiary/aromatic N) is 2. The summed E-state index contributed by atoms with van der Waals surface area (Å²) >= 11 is 0. The number of carbonyl (C=O) groups excluding carboxylic acids is 2. The van der Waals surface area contributed by atoms with Gasteiger partial charge in [-0.15, -0.1) is 0 Å². The van der Waals surface area contributed by atoms with Crippen molar-refractivity contribution < 1.29 is 19.2 Å². The molecule has 1 rings (SSSR count). The molecular formula is C21H28N2O5. The summed E-state index contributed by atoms with van der Waals surface area (Å²) in [5, 5.41) is 11.1. The zero-order valence-electron chi connectivity index (χ0n) is 16.5. The number of carbonyl (C=O) groups is 2. The lowest BCUT2D eigenvalue weighted by molar-refractivity contribution is -0.421. The van der Waals surface area contributed by atoms with Gasteiger partial charge in [0.25, 0.3) is 0 Å². The highest BCUT2D eigenvalue weighted by Crippen LogP contribution is 2.14. The quantitative estimate of drug-likeness (QED) is 0.130. The Kier molecular flexibility index (Phi) is 10.9. The fraction of sp³-hybridized carbons (Fsp3) is 0.429. The van der Waals surface area contributed by atoms with Crippen LogP contribution in [0.15, 0.2) is 54.4 Å². The summed E-state index contributed by atoms with van der Waals surface area (Å²) in [6.45, 7) is 3.67. The number of ether oxygens (including phenoxy) is 1. The van der Waals surface area contributed by atoms with Gasteiger partial charge in [0.15, 0.2) is 0 Å². The molecule has 1 amide bonds. The van der Waals surface area contributed by atoms with Gasteiger partial charge in [-0.25, -0.2) is 4.79 Å². The molecule has 0 bridgehead atoms. The highest BCUT2D eigenvalue weighted by atomic mass is 16.6. The van der Waals surface area contributed by atoms with Gasteiger partial charge >= 0.3 is 11.7 Å². The SMILES string of the molecule is CCCCCCCCOC(=O)/C(=C/C=C/N(C(C)=O)c1ccccc1)[N+](=O)[O-]. The molecule has 152 valence electrons. The van der Waals surface area contributed by atoms with E-state index in [0.717, 1.165) is 31.8 Å². The Morgan fingerprint density at radius 1 is 1.11 bits per heavy atom. The van der Waals surface area contributed by atoms with Crippen molar-refractivity contribution >= 4 is 17.6 Å². The van der Waals surface area contributed by atoms with Crippen molar-refractivity contribution in [2.75, 3.05) is 11.5 Å². The van der Waals surface area contributed by atoms with Gasteiger partial charge in [0, 0.05) is 24.9 Å². The number of anilines is 1. The third kappa shape index (κ3) is 8.62. The van der Waals surface area contributed by atoms with Crippen LogP contribution in [0.2, 0.25) is 0 Å². The molecule has 0 fully saturated rings. The minimum atomic E-state index is -0.975. The lowest BCUT2D eigenvalue weighted by Gasteiger charge is -2.15. The molecule has 0 aliphatic heterocycles. The van der Waals surface area contributed by atoms with Crippen molar-refractivity contribution in [2.45, 2.75) is 52.4 Å².